The molecule has 5 heteroatoms. The lowest BCUT2D eigenvalue weighted by Gasteiger charge is -2.19. The molecule has 1 heterocycles. The molecule has 0 saturated heterocycles. The number of nitrogens with zero attached hydrogens (tertiary/aromatic N) is 3. The quantitative estimate of drug-likeness (QED) is 0.812. The van der Waals surface area contributed by atoms with Crippen molar-refractivity contribution in [3.05, 3.63) is 17.8 Å². The average Bonchev–Trinajstić information content (AvgIpc) is 3.13. The van der Waals surface area contributed by atoms with Gasteiger partial charge < -0.3 is 10.2 Å². The number of hydrogen-bond donors (Lipinski definition) is 1. The van der Waals surface area contributed by atoms with Crippen molar-refractivity contribution in [3.8, 4) is 0 Å². The maximum absolute atomic E-state index is 13.9. The first-order chi connectivity index (χ1) is 8.22. The van der Waals surface area contributed by atoms with E-state index in [1.165, 1.54) is 19.2 Å². The molecule has 2 rings (SSSR count). The highest BCUT2D eigenvalue weighted by molar-refractivity contribution is 5.39. The lowest BCUT2D eigenvalue weighted by Crippen LogP contribution is -2.31. The minimum atomic E-state index is -0.288. The Kier molecular flexibility index (Phi) is 3.89. The van der Waals surface area contributed by atoms with E-state index in [1.807, 2.05) is 18.9 Å². The highest BCUT2D eigenvalue weighted by Crippen LogP contribution is 2.19. The number of nitrogens with one attached hydrogen (secondary N) is 1. The van der Waals surface area contributed by atoms with Crippen LogP contribution in [0.5, 0.6) is 0 Å². The molecule has 0 bridgehead atoms. The van der Waals surface area contributed by atoms with E-state index in [0.717, 1.165) is 13.1 Å². The molecule has 1 fully saturated rings. The molecule has 0 radical (unpaired) electrons. The molecule has 0 atom stereocenters. The Morgan fingerprint density at radius 2 is 2.24 bits per heavy atom. The van der Waals surface area contributed by atoms with Crippen molar-refractivity contribution >= 4 is 5.82 Å². The first kappa shape index (κ1) is 12.2. The van der Waals surface area contributed by atoms with Crippen LogP contribution in [0.15, 0.2) is 6.33 Å². The Morgan fingerprint density at radius 3 is 2.88 bits per heavy atom. The van der Waals surface area contributed by atoms with E-state index < -0.39 is 0 Å². The van der Waals surface area contributed by atoms with Gasteiger partial charge in [-0.3, -0.25) is 0 Å². The van der Waals surface area contributed by atoms with Crippen LogP contribution in [0, 0.1) is 5.82 Å². The number of halogens is 1. The molecule has 0 spiro atoms. The average molecular weight is 238 g/mol. The van der Waals surface area contributed by atoms with E-state index in [0.29, 0.717) is 24.0 Å². The van der Waals surface area contributed by atoms with Gasteiger partial charge in [0.1, 0.15) is 6.33 Å². The van der Waals surface area contributed by atoms with Gasteiger partial charge in [-0.05, 0) is 19.3 Å². The lowest BCUT2D eigenvalue weighted by atomic mass is 10.3. The number of hydrogen-bond acceptors (Lipinski definition) is 4. The van der Waals surface area contributed by atoms with Crippen LogP contribution < -0.4 is 10.2 Å². The first-order valence-electron chi connectivity index (χ1n) is 6.16. The molecule has 0 unspecified atom stereocenters. The first-order valence-corrected chi connectivity index (χ1v) is 6.16. The molecule has 0 aliphatic heterocycles. The second-order valence-corrected chi connectivity index (χ2v) is 4.46. The van der Waals surface area contributed by atoms with Crippen LogP contribution in [0.1, 0.15) is 25.5 Å². The van der Waals surface area contributed by atoms with E-state index in [9.17, 15) is 4.39 Å². The summed E-state index contributed by atoms with van der Waals surface area (Å²) >= 11 is 0. The summed E-state index contributed by atoms with van der Waals surface area (Å²) in [5.74, 6) is 0.110. The van der Waals surface area contributed by atoms with Crippen molar-refractivity contribution in [3.63, 3.8) is 0 Å². The minimum absolute atomic E-state index is 0.288. The smallest absolute Gasteiger partial charge is 0.187 e. The molecule has 0 amide bonds. The molecule has 1 aliphatic carbocycles. The number of aromatic nitrogens is 2. The van der Waals surface area contributed by atoms with E-state index >= 15 is 0 Å². The summed E-state index contributed by atoms with van der Waals surface area (Å²) in [5.41, 5.74) is 0.483. The third-order valence-corrected chi connectivity index (χ3v) is 3.00. The predicted molar refractivity (Wildman–Crippen MR) is 65.7 cm³/mol. The summed E-state index contributed by atoms with van der Waals surface area (Å²) in [6, 6.07) is 0.685. The standard InChI is InChI=1S/C12H19FN4/c1-3-10-11(13)12(16-8-15-10)17(2)7-6-14-9-4-5-9/h8-9,14H,3-7H2,1-2H3. The van der Waals surface area contributed by atoms with Crippen LogP contribution in [0.25, 0.3) is 0 Å². The summed E-state index contributed by atoms with van der Waals surface area (Å²) in [6.45, 7) is 3.52. The monoisotopic (exact) mass is 238 g/mol. The molecule has 1 aromatic heterocycles. The summed E-state index contributed by atoms with van der Waals surface area (Å²) in [6.07, 6.45) is 4.56. The molecule has 1 aromatic rings. The topological polar surface area (TPSA) is 41.1 Å². The third kappa shape index (κ3) is 3.12. The van der Waals surface area contributed by atoms with Crippen molar-refractivity contribution < 1.29 is 4.39 Å². The molecule has 94 valence electrons. The van der Waals surface area contributed by atoms with Crippen LogP contribution in [-0.2, 0) is 6.42 Å². The Labute approximate surface area is 101 Å². The van der Waals surface area contributed by atoms with Gasteiger partial charge in [-0.15, -0.1) is 0 Å². The van der Waals surface area contributed by atoms with Gasteiger partial charge in [0.05, 0.1) is 5.69 Å². The van der Waals surface area contributed by atoms with Gasteiger partial charge in [0, 0.05) is 26.2 Å². The third-order valence-electron chi connectivity index (χ3n) is 3.00. The maximum Gasteiger partial charge on any atom is 0.187 e. The summed E-state index contributed by atoms with van der Waals surface area (Å²) in [5, 5.41) is 3.40. The van der Waals surface area contributed by atoms with E-state index in [-0.39, 0.29) is 5.82 Å². The zero-order chi connectivity index (χ0) is 12.3. The molecule has 17 heavy (non-hydrogen) atoms. The Balaban J connectivity index is 1.94. The Hall–Kier alpha value is -1.23. The highest BCUT2D eigenvalue weighted by Gasteiger charge is 2.20. The van der Waals surface area contributed by atoms with E-state index in [2.05, 4.69) is 15.3 Å². The predicted octanol–water partition coefficient (Wildman–Crippen LogP) is 1.37. The molecule has 0 aromatic carbocycles. The van der Waals surface area contributed by atoms with Crippen LogP contribution in [0.4, 0.5) is 10.2 Å². The summed E-state index contributed by atoms with van der Waals surface area (Å²) in [4.78, 5) is 9.78. The zero-order valence-electron chi connectivity index (χ0n) is 10.4. The van der Waals surface area contributed by atoms with Crippen molar-refractivity contribution in [1.82, 2.24) is 15.3 Å². The van der Waals surface area contributed by atoms with Gasteiger partial charge in [-0.25, -0.2) is 14.4 Å². The van der Waals surface area contributed by atoms with Gasteiger partial charge in [-0.2, -0.15) is 0 Å². The number of aryl methyl sites for hydroxylation is 1. The minimum Gasteiger partial charge on any atom is -0.356 e. The normalized spacial score (nSPS) is 15.0. The zero-order valence-corrected chi connectivity index (χ0v) is 10.4. The molecule has 1 N–H and O–H groups in total. The summed E-state index contributed by atoms with van der Waals surface area (Å²) in [7, 11) is 1.86. The molecular weight excluding hydrogens is 219 g/mol. The molecule has 4 nitrogen and oxygen atoms in total. The lowest BCUT2D eigenvalue weighted by molar-refractivity contribution is 0.584. The van der Waals surface area contributed by atoms with Gasteiger partial charge in [0.2, 0.25) is 0 Å². The second kappa shape index (κ2) is 5.40. The van der Waals surface area contributed by atoms with Gasteiger partial charge in [0.25, 0.3) is 0 Å². The van der Waals surface area contributed by atoms with E-state index in [1.54, 1.807) is 0 Å². The molecule has 1 saturated carbocycles. The maximum atomic E-state index is 13.9. The molecule has 1 aliphatic rings. The second-order valence-electron chi connectivity index (χ2n) is 4.46. The van der Waals surface area contributed by atoms with Crippen molar-refractivity contribution in [2.45, 2.75) is 32.2 Å². The van der Waals surface area contributed by atoms with E-state index in [4.69, 9.17) is 0 Å². The van der Waals surface area contributed by atoms with Crippen LogP contribution in [-0.4, -0.2) is 36.1 Å². The van der Waals surface area contributed by atoms with Crippen molar-refractivity contribution in [2.75, 3.05) is 25.0 Å². The fourth-order valence-electron chi connectivity index (χ4n) is 1.74. The SMILES string of the molecule is CCc1ncnc(N(C)CCNC2CC2)c1F. The van der Waals surface area contributed by atoms with Crippen molar-refractivity contribution in [2.24, 2.45) is 0 Å². The Bertz CT molecular complexity index is 379. The van der Waals surface area contributed by atoms with Crippen molar-refractivity contribution in [1.29, 1.82) is 0 Å². The number of anilines is 1. The van der Waals surface area contributed by atoms with Gasteiger partial charge in [0.15, 0.2) is 11.6 Å². The Morgan fingerprint density at radius 1 is 1.47 bits per heavy atom. The fourth-order valence-corrected chi connectivity index (χ4v) is 1.74. The molecular formula is C12H19FN4. The highest BCUT2D eigenvalue weighted by atomic mass is 19.1. The van der Waals surface area contributed by atoms with Crippen LogP contribution in [0.3, 0.4) is 0 Å². The summed E-state index contributed by atoms with van der Waals surface area (Å²) < 4.78 is 13.9. The number of rotatable bonds is 6. The van der Waals surface area contributed by atoms with Crippen LogP contribution >= 0.6 is 0 Å². The fraction of sp³-hybridized carbons (Fsp3) is 0.667. The van der Waals surface area contributed by atoms with Gasteiger partial charge >= 0.3 is 0 Å². The van der Waals surface area contributed by atoms with Gasteiger partial charge in [-0.1, -0.05) is 6.92 Å². The number of likely N-dealkylation sites (N-methyl/N-ethyl adjacent to an activating group) is 1. The largest absolute Gasteiger partial charge is 0.356 e. The van der Waals surface area contributed by atoms with Crippen LogP contribution in [0.2, 0.25) is 0 Å².